The Labute approximate surface area is 118 Å². The molecule has 2 aromatic rings. The van der Waals surface area contributed by atoms with Crippen LogP contribution in [0, 0.1) is 0 Å². The molecule has 20 heavy (non-hydrogen) atoms. The zero-order valence-corrected chi connectivity index (χ0v) is 11.6. The molecule has 106 valence electrons. The number of fused-ring (bicyclic) bond motifs is 1. The summed E-state index contributed by atoms with van der Waals surface area (Å²) in [6, 6.07) is 8.12. The van der Waals surface area contributed by atoms with Crippen LogP contribution in [0.1, 0.15) is 29.6 Å². The highest BCUT2D eigenvalue weighted by atomic mass is 16.5. The molecule has 0 aliphatic carbocycles. The van der Waals surface area contributed by atoms with Crippen molar-refractivity contribution < 1.29 is 9.26 Å². The van der Waals surface area contributed by atoms with Gasteiger partial charge in [0.2, 0.25) is 5.89 Å². The van der Waals surface area contributed by atoms with Crippen molar-refractivity contribution in [1.82, 2.24) is 15.5 Å². The third-order valence-corrected chi connectivity index (χ3v) is 3.55. The molecule has 5 heteroatoms. The minimum Gasteiger partial charge on any atom is -0.493 e. The number of rotatable bonds is 5. The first-order valence-corrected chi connectivity index (χ1v) is 7.04. The summed E-state index contributed by atoms with van der Waals surface area (Å²) < 4.78 is 11.1. The van der Waals surface area contributed by atoms with E-state index in [0.717, 1.165) is 37.4 Å². The molecule has 0 amide bonds. The van der Waals surface area contributed by atoms with Crippen LogP contribution in [-0.4, -0.2) is 30.3 Å². The summed E-state index contributed by atoms with van der Waals surface area (Å²) in [4.78, 5) is 4.49. The molecule has 0 radical (unpaired) electrons. The van der Waals surface area contributed by atoms with Gasteiger partial charge in [-0.3, -0.25) is 0 Å². The molecular weight excluding hydrogens is 254 g/mol. The van der Waals surface area contributed by atoms with E-state index in [-0.39, 0.29) is 5.92 Å². The Hall–Kier alpha value is -1.88. The molecule has 0 spiro atoms. The fourth-order valence-electron chi connectivity index (χ4n) is 2.45. The molecule has 1 N–H and O–H groups in total. The molecule has 3 rings (SSSR count). The molecule has 2 heterocycles. The van der Waals surface area contributed by atoms with Gasteiger partial charge in [0.15, 0.2) is 5.82 Å². The Balaban J connectivity index is 1.66. The maximum absolute atomic E-state index is 5.77. The van der Waals surface area contributed by atoms with Crippen molar-refractivity contribution in [3.8, 4) is 5.75 Å². The molecule has 0 saturated carbocycles. The van der Waals surface area contributed by atoms with Gasteiger partial charge in [0, 0.05) is 6.42 Å². The molecule has 1 unspecified atom stereocenters. The highest BCUT2D eigenvalue weighted by molar-refractivity contribution is 5.36. The van der Waals surface area contributed by atoms with E-state index in [9.17, 15) is 0 Å². The Bertz CT molecular complexity index is 568. The average Bonchev–Trinajstić information content (AvgIpc) is 2.96. The van der Waals surface area contributed by atoms with E-state index < -0.39 is 0 Å². The van der Waals surface area contributed by atoms with Gasteiger partial charge in [-0.15, -0.1) is 0 Å². The Morgan fingerprint density at radius 3 is 3.15 bits per heavy atom. The van der Waals surface area contributed by atoms with Gasteiger partial charge >= 0.3 is 0 Å². The van der Waals surface area contributed by atoms with E-state index in [2.05, 4.69) is 21.5 Å². The number of nitrogens with one attached hydrogen (secondary N) is 1. The average molecular weight is 273 g/mol. The van der Waals surface area contributed by atoms with E-state index in [0.29, 0.717) is 12.5 Å². The Morgan fingerprint density at radius 1 is 1.35 bits per heavy atom. The SMILES string of the molecule is CNCCCc1nc(C2COc3ccccc3C2)no1. The fourth-order valence-corrected chi connectivity index (χ4v) is 2.45. The molecule has 1 aliphatic heterocycles. The van der Waals surface area contributed by atoms with Crippen molar-refractivity contribution in [3.05, 3.63) is 41.5 Å². The molecule has 1 atom stereocenters. The van der Waals surface area contributed by atoms with Crippen LogP contribution >= 0.6 is 0 Å². The Morgan fingerprint density at radius 2 is 2.25 bits per heavy atom. The summed E-state index contributed by atoms with van der Waals surface area (Å²) in [5.74, 6) is 2.64. The topological polar surface area (TPSA) is 60.2 Å². The maximum atomic E-state index is 5.77. The molecule has 1 aliphatic rings. The van der Waals surface area contributed by atoms with Gasteiger partial charge in [0.05, 0.1) is 12.5 Å². The number of aryl methyl sites for hydroxylation is 1. The van der Waals surface area contributed by atoms with Crippen LogP contribution in [0.2, 0.25) is 0 Å². The first kappa shape index (κ1) is 13.1. The monoisotopic (exact) mass is 273 g/mol. The van der Waals surface area contributed by atoms with Crippen LogP contribution in [-0.2, 0) is 12.8 Å². The van der Waals surface area contributed by atoms with E-state index in [1.165, 1.54) is 5.56 Å². The van der Waals surface area contributed by atoms with Gasteiger partial charge in [-0.25, -0.2) is 0 Å². The summed E-state index contributed by atoms with van der Waals surface area (Å²) in [7, 11) is 1.94. The van der Waals surface area contributed by atoms with E-state index in [4.69, 9.17) is 9.26 Å². The highest BCUT2D eigenvalue weighted by Gasteiger charge is 2.25. The van der Waals surface area contributed by atoms with Gasteiger partial charge in [0.25, 0.3) is 0 Å². The standard InChI is InChI=1S/C15H19N3O2/c1-16-8-4-7-14-17-15(18-20-14)12-9-11-5-2-3-6-13(11)19-10-12/h2-3,5-6,12,16H,4,7-10H2,1H3. The summed E-state index contributed by atoms with van der Waals surface area (Å²) in [5.41, 5.74) is 1.21. The zero-order valence-electron chi connectivity index (χ0n) is 11.6. The smallest absolute Gasteiger partial charge is 0.226 e. The second-order valence-electron chi connectivity index (χ2n) is 5.07. The van der Waals surface area contributed by atoms with Crippen molar-refractivity contribution in [2.75, 3.05) is 20.2 Å². The van der Waals surface area contributed by atoms with E-state index >= 15 is 0 Å². The number of benzene rings is 1. The first-order chi connectivity index (χ1) is 9.86. The molecule has 1 aromatic heterocycles. The minimum atomic E-state index is 0.187. The molecular formula is C15H19N3O2. The molecule has 1 aromatic carbocycles. The zero-order chi connectivity index (χ0) is 13.8. The number of ether oxygens (including phenoxy) is 1. The van der Waals surface area contributed by atoms with Gasteiger partial charge < -0.3 is 14.6 Å². The van der Waals surface area contributed by atoms with Gasteiger partial charge in [-0.05, 0) is 38.1 Å². The predicted molar refractivity (Wildman–Crippen MR) is 74.9 cm³/mol. The third kappa shape index (κ3) is 2.82. The van der Waals surface area contributed by atoms with Crippen molar-refractivity contribution in [3.63, 3.8) is 0 Å². The number of hydrogen-bond donors (Lipinski definition) is 1. The molecule has 0 fully saturated rings. The first-order valence-electron chi connectivity index (χ1n) is 7.04. The number of nitrogens with zero attached hydrogens (tertiary/aromatic N) is 2. The second-order valence-corrected chi connectivity index (χ2v) is 5.07. The lowest BCUT2D eigenvalue weighted by Crippen LogP contribution is -2.20. The number of para-hydroxylation sites is 1. The lowest BCUT2D eigenvalue weighted by Gasteiger charge is -2.22. The summed E-state index contributed by atoms with van der Waals surface area (Å²) in [6.45, 7) is 1.57. The van der Waals surface area contributed by atoms with E-state index in [1.54, 1.807) is 0 Å². The van der Waals surface area contributed by atoms with Crippen LogP contribution in [0.25, 0.3) is 0 Å². The normalized spacial score (nSPS) is 17.6. The highest BCUT2D eigenvalue weighted by Crippen LogP contribution is 2.30. The van der Waals surface area contributed by atoms with Crippen LogP contribution in [0.15, 0.2) is 28.8 Å². The van der Waals surface area contributed by atoms with Gasteiger partial charge in [-0.1, -0.05) is 23.4 Å². The largest absolute Gasteiger partial charge is 0.493 e. The molecule has 0 saturated heterocycles. The lowest BCUT2D eigenvalue weighted by atomic mass is 9.96. The molecule has 0 bridgehead atoms. The molecule has 5 nitrogen and oxygen atoms in total. The lowest BCUT2D eigenvalue weighted by molar-refractivity contribution is 0.253. The van der Waals surface area contributed by atoms with Crippen molar-refractivity contribution in [2.24, 2.45) is 0 Å². The summed E-state index contributed by atoms with van der Waals surface area (Å²) in [5, 5.41) is 7.21. The third-order valence-electron chi connectivity index (χ3n) is 3.55. The van der Waals surface area contributed by atoms with Crippen LogP contribution in [0.5, 0.6) is 5.75 Å². The minimum absolute atomic E-state index is 0.187. The van der Waals surface area contributed by atoms with Crippen LogP contribution in [0.4, 0.5) is 0 Å². The van der Waals surface area contributed by atoms with Crippen molar-refractivity contribution >= 4 is 0 Å². The predicted octanol–water partition coefficient (Wildman–Crippen LogP) is 1.94. The van der Waals surface area contributed by atoms with Crippen LogP contribution in [0.3, 0.4) is 0 Å². The van der Waals surface area contributed by atoms with Crippen molar-refractivity contribution in [1.29, 1.82) is 0 Å². The summed E-state index contributed by atoms with van der Waals surface area (Å²) >= 11 is 0. The van der Waals surface area contributed by atoms with E-state index in [1.807, 2.05) is 25.2 Å². The quantitative estimate of drug-likeness (QED) is 0.844. The van der Waals surface area contributed by atoms with Crippen molar-refractivity contribution in [2.45, 2.75) is 25.2 Å². The summed E-state index contributed by atoms with van der Waals surface area (Å²) in [6.07, 6.45) is 2.73. The van der Waals surface area contributed by atoms with Crippen LogP contribution < -0.4 is 10.1 Å². The van der Waals surface area contributed by atoms with Gasteiger partial charge in [-0.2, -0.15) is 4.98 Å². The second kappa shape index (κ2) is 6.05. The maximum Gasteiger partial charge on any atom is 0.226 e. The number of hydrogen-bond acceptors (Lipinski definition) is 5. The van der Waals surface area contributed by atoms with Gasteiger partial charge in [0.1, 0.15) is 5.75 Å². The Kier molecular flexibility index (Phi) is 3.97. The fraction of sp³-hybridized carbons (Fsp3) is 0.467. The number of aromatic nitrogens is 2.